The average molecular weight is 382 g/mol. The highest BCUT2D eigenvalue weighted by atomic mass is 19.1. The Kier molecular flexibility index (Phi) is 6.32. The second-order valence-corrected chi connectivity index (χ2v) is 6.22. The van der Waals surface area contributed by atoms with E-state index in [1.54, 1.807) is 36.5 Å². The van der Waals surface area contributed by atoms with Crippen molar-refractivity contribution in [3.63, 3.8) is 0 Å². The van der Waals surface area contributed by atoms with Crippen LogP contribution in [-0.4, -0.2) is 17.5 Å². The Bertz CT molecular complexity index is 1000. The number of unbranched alkanes of at least 4 members (excludes halogenated alkanes) is 1. The number of nitrogens with zero attached hydrogens (tertiary/aromatic N) is 1. The van der Waals surface area contributed by atoms with Gasteiger partial charge >= 0.3 is 0 Å². The molecule has 0 saturated carbocycles. The Labute approximate surface area is 161 Å². The molecule has 28 heavy (non-hydrogen) atoms. The summed E-state index contributed by atoms with van der Waals surface area (Å²) in [5, 5.41) is 3.49. The summed E-state index contributed by atoms with van der Waals surface area (Å²) in [6, 6.07) is 11.2. The lowest BCUT2D eigenvalue weighted by Gasteiger charge is -2.12. The Balaban J connectivity index is 1.69. The molecule has 0 aliphatic rings. The number of amides is 1. The smallest absolute Gasteiger partial charge is 0.251 e. The van der Waals surface area contributed by atoms with E-state index < -0.39 is 17.4 Å². The average Bonchev–Trinajstić information content (AvgIpc) is 2.72. The number of pyridine rings is 1. The quantitative estimate of drug-likeness (QED) is 0.450. The van der Waals surface area contributed by atoms with Crippen molar-refractivity contribution < 1.29 is 18.3 Å². The molecule has 0 spiro atoms. The van der Waals surface area contributed by atoms with E-state index >= 15 is 0 Å². The van der Waals surface area contributed by atoms with Crippen LogP contribution in [0.3, 0.4) is 0 Å². The summed E-state index contributed by atoms with van der Waals surface area (Å²) in [5.74, 6) is -2.36. The predicted molar refractivity (Wildman–Crippen MR) is 104 cm³/mol. The zero-order valence-electron chi connectivity index (χ0n) is 15.3. The molecule has 4 nitrogen and oxygen atoms in total. The van der Waals surface area contributed by atoms with Gasteiger partial charge in [-0.15, -0.1) is 6.58 Å². The maximum absolute atomic E-state index is 14.6. The van der Waals surface area contributed by atoms with Crippen molar-refractivity contribution in [1.82, 2.24) is 10.3 Å². The molecule has 0 aliphatic heterocycles. The molecule has 1 N–H and O–H groups in total. The molecule has 6 heteroatoms. The van der Waals surface area contributed by atoms with Gasteiger partial charge in [0.25, 0.3) is 5.91 Å². The van der Waals surface area contributed by atoms with Gasteiger partial charge in [0.05, 0.1) is 12.1 Å². The fourth-order valence-electron chi connectivity index (χ4n) is 2.74. The lowest BCUT2D eigenvalue weighted by Crippen LogP contribution is -2.23. The minimum Gasteiger partial charge on any atom is -0.488 e. The molecule has 0 fully saturated rings. The van der Waals surface area contributed by atoms with Crippen molar-refractivity contribution in [2.24, 2.45) is 0 Å². The number of allylic oxidation sites excluding steroid dienone is 1. The third-order valence-electron chi connectivity index (χ3n) is 4.23. The minimum absolute atomic E-state index is 0.0843. The molecule has 1 aromatic heterocycles. The van der Waals surface area contributed by atoms with Crippen molar-refractivity contribution >= 4 is 16.8 Å². The number of rotatable bonds is 8. The van der Waals surface area contributed by atoms with Crippen LogP contribution in [-0.2, 0) is 6.54 Å². The number of hydrogen-bond acceptors (Lipinski definition) is 3. The Morgan fingerprint density at radius 3 is 2.89 bits per heavy atom. The van der Waals surface area contributed by atoms with Gasteiger partial charge in [0, 0.05) is 29.3 Å². The molecule has 1 amide bonds. The van der Waals surface area contributed by atoms with Gasteiger partial charge in [0.15, 0.2) is 17.4 Å². The largest absolute Gasteiger partial charge is 0.488 e. The van der Waals surface area contributed by atoms with E-state index in [9.17, 15) is 13.6 Å². The van der Waals surface area contributed by atoms with E-state index in [-0.39, 0.29) is 24.6 Å². The number of benzene rings is 2. The predicted octanol–water partition coefficient (Wildman–Crippen LogP) is 4.79. The Morgan fingerprint density at radius 2 is 2.07 bits per heavy atom. The van der Waals surface area contributed by atoms with Gasteiger partial charge in [0.2, 0.25) is 0 Å². The first-order valence-corrected chi connectivity index (χ1v) is 8.93. The second kappa shape index (κ2) is 9.08. The first-order chi connectivity index (χ1) is 13.6. The summed E-state index contributed by atoms with van der Waals surface area (Å²) in [7, 11) is 0. The van der Waals surface area contributed by atoms with Crippen LogP contribution in [0.5, 0.6) is 5.75 Å². The summed E-state index contributed by atoms with van der Waals surface area (Å²) < 4.78 is 33.7. The highest BCUT2D eigenvalue weighted by Crippen LogP contribution is 2.25. The second-order valence-electron chi connectivity index (χ2n) is 6.22. The fraction of sp³-hybridized carbons (Fsp3) is 0.182. The molecule has 0 bridgehead atoms. The molecule has 0 atom stereocenters. The number of fused-ring (bicyclic) bond motifs is 1. The van der Waals surface area contributed by atoms with Crippen LogP contribution < -0.4 is 10.1 Å². The summed E-state index contributed by atoms with van der Waals surface area (Å²) >= 11 is 0. The van der Waals surface area contributed by atoms with Gasteiger partial charge < -0.3 is 10.1 Å². The molecular formula is C22H20F2N2O2. The number of halogens is 2. The van der Waals surface area contributed by atoms with E-state index in [0.29, 0.717) is 18.4 Å². The van der Waals surface area contributed by atoms with Crippen LogP contribution in [0.4, 0.5) is 8.78 Å². The van der Waals surface area contributed by atoms with Gasteiger partial charge in [-0.1, -0.05) is 18.2 Å². The van der Waals surface area contributed by atoms with Gasteiger partial charge in [-0.25, -0.2) is 8.78 Å². The van der Waals surface area contributed by atoms with Crippen LogP contribution in [0.15, 0.2) is 61.3 Å². The van der Waals surface area contributed by atoms with E-state index in [1.807, 2.05) is 6.07 Å². The monoisotopic (exact) mass is 382 g/mol. The van der Waals surface area contributed by atoms with Crippen molar-refractivity contribution in [3.8, 4) is 5.75 Å². The topological polar surface area (TPSA) is 51.2 Å². The number of carbonyl (C=O) groups is 1. The van der Waals surface area contributed by atoms with Gasteiger partial charge in [-0.2, -0.15) is 0 Å². The van der Waals surface area contributed by atoms with Crippen molar-refractivity contribution in [2.75, 3.05) is 6.61 Å². The first kappa shape index (κ1) is 19.5. The lowest BCUT2D eigenvalue weighted by molar-refractivity contribution is 0.0950. The summed E-state index contributed by atoms with van der Waals surface area (Å²) in [4.78, 5) is 16.6. The minimum atomic E-state index is -0.804. The highest BCUT2D eigenvalue weighted by molar-refractivity contribution is 5.97. The normalized spacial score (nSPS) is 10.6. The van der Waals surface area contributed by atoms with Crippen molar-refractivity contribution in [1.29, 1.82) is 0 Å². The standard InChI is InChI=1S/C22H20F2N2O2/c1-2-3-4-12-28-21-18(23)9-7-17(20(21)24)14-26-22(27)16-8-10-19-15(13-16)6-5-11-25-19/h2,5-11,13H,1,3-4,12,14H2,(H,26,27). The van der Waals surface area contributed by atoms with Gasteiger partial charge in [0.1, 0.15) is 0 Å². The van der Waals surface area contributed by atoms with Crippen molar-refractivity contribution in [2.45, 2.75) is 19.4 Å². The molecule has 1 heterocycles. The lowest BCUT2D eigenvalue weighted by atomic mass is 10.1. The molecule has 3 aromatic rings. The molecule has 0 unspecified atom stereocenters. The van der Waals surface area contributed by atoms with E-state index in [4.69, 9.17) is 4.74 Å². The van der Waals surface area contributed by atoms with Crippen LogP contribution >= 0.6 is 0 Å². The first-order valence-electron chi connectivity index (χ1n) is 8.93. The zero-order valence-corrected chi connectivity index (χ0v) is 15.3. The summed E-state index contributed by atoms with van der Waals surface area (Å²) in [6.07, 6.45) is 4.70. The third-order valence-corrected chi connectivity index (χ3v) is 4.23. The molecule has 2 aromatic carbocycles. The number of ether oxygens (including phenoxy) is 1. The number of carbonyl (C=O) groups excluding carboxylic acids is 1. The number of hydrogen-bond donors (Lipinski definition) is 1. The molecule has 0 radical (unpaired) electrons. The summed E-state index contributed by atoms with van der Waals surface area (Å²) in [6.45, 7) is 3.69. The molecule has 0 saturated heterocycles. The van der Waals surface area contributed by atoms with E-state index in [2.05, 4.69) is 16.9 Å². The Morgan fingerprint density at radius 1 is 1.21 bits per heavy atom. The SMILES string of the molecule is C=CCCCOc1c(F)ccc(CNC(=O)c2ccc3ncccc3c2)c1F. The number of nitrogens with one attached hydrogen (secondary N) is 1. The number of aromatic nitrogens is 1. The van der Waals surface area contributed by atoms with Crippen molar-refractivity contribution in [3.05, 3.63) is 84.1 Å². The van der Waals surface area contributed by atoms with E-state index in [0.717, 1.165) is 17.0 Å². The van der Waals surface area contributed by atoms with Crippen LogP contribution in [0, 0.1) is 11.6 Å². The molecule has 0 aliphatic carbocycles. The Hall–Kier alpha value is -3.28. The van der Waals surface area contributed by atoms with Crippen LogP contribution in [0.25, 0.3) is 10.9 Å². The van der Waals surface area contributed by atoms with Gasteiger partial charge in [-0.3, -0.25) is 9.78 Å². The summed E-state index contributed by atoms with van der Waals surface area (Å²) in [5.41, 5.74) is 1.36. The van der Waals surface area contributed by atoms with Crippen LogP contribution in [0.1, 0.15) is 28.8 Å². The molecular weight excluding hydrogens is 362 g/mol. The fourth-order valence-corrected chi connectivity index (χ4v) is 2.74. The maximum atomic E-state index is 14.6. The maximum Gasteiger partial charge on any atom is 0.251 e. The molecule has 3 rings (SSSR count). The van der Waals surface area contributed by atoms with E-state index in [1.165, 1.54) is 6.07 Å². The van der Waals surface area contributed by atoms with Crippen LogP contribution in [0.2, 0.25) is 0 Å². The third kappa shape index (κ3) is 4.52. The highest BCUT2D eigenvalue weighted by Gasteiger charge is 2.16. The molecule has 144 valence electrons. The van der Waals surface area contributed by atoms with Gasteiger partial charge in [-0.05, 0) is 43.2 Å². The zero-order chi connectivity index (χ0) is 19.9.